The maximum absolute atomic E-state index is 12.4. The topological polar surface area (TPSA) is 83.6 Å². The average Bonchev–Trinajstić information content (AvgIpc) is 2.64. The second-order valence-corrected chi connectivity index (χ2v) is 5.71. The van der Waals surface area contributed by atoms with Crippen molar-refractivity contribution >= 4 is 28.9 Å². The maximum Gasteiger partial charge on any atom is 0.274 e. The van der Waals surface area contributed by atoms with E-state index in [0.717, 1.165) is 18.8 Å². The van der Waals surface area contributed by atoms with Gasteiger partial charge in [0, 0.05) is 43.3 Å². The van der Waals surface area contributed by atoms with Gasteiger partial charge in [-0.3, -0.25) is 14.6 Å². The number of ether oxygens (including phenoxy) is 1. The summed E-state index contributed by atoms with van der Waals surface area (Å²) in [5.41, 5.74) is 2.63. The fourth-order valence-electron chi connectivity index (χ4n) is 2.60. The average molecular weight is 340 g/mol. The van der Waals surface area contributed by atoms with Crippen molar-refractivity contribution in [1.82, 2.24) is 4.98 Å². The van der Waals surface area contributed by atoms with Crippen LogP contribution in [0.5, 0.6) is 0 Å². The smallest absolute Gasteiger partial charge is 0.274 e. The first-order valence-electron chi connectivity index (χ1n) is 8.09. The van der Waals surface area contributed by atoms with Crippen LogP contribution in [0.2, 0.25) is 0 Å². The van der Waals surface area contributed by atoms with Crippen LogP contribution in [0.4, 0.5) is 17.1 Å². The third-order valence-electron chi connectivity index (χ3n) is 3.82. The van der Waals surface area contributed by atoms with Gasteiger partial charge in [-0.15, -0.1) is 0 Å². The van der Waals surface area contributed by atoms with E-state index < -0.39 is 0 Å². The van der Waals surface area contributed by atoms with Crippen LogP contribution in [0.25, 0.3) is 0 Å². The lowest BCUT2D eigenvalue weighted by atomic mass is 10.2. The van der Waals surface area contributed by atoms with Gasteiger partial charge in [0.1, 0.15) is 5.69 Å². The van der Waals surface area contributed by atoms with Crippen LogP contribution in [-0.2, 0) is 9.53 Å². The molecule has 130 valence electrons. The SMILES string of the molecule is CC(=O)Nc1ccc(NC(=O)c2cc(N3CCOCC3)ccn2)cc1. The molecule has 3 rings (SSSR count). The minimum absolute atomic E-state index is 0.138. The normalized spacial score (nSPS) is 14.0. The lowest BCUT2D eigenvalue weighted by molar-refractivity contribution is -0.114. The molecule has 2 aromatic rings. The van der Waals surface area contributed by atoms with Crippen LogP contribution in [-0.4, -0.2) is 43.1 Å². The Labute approximate surface area is 146 Å². The number of anilines is 3. The van der Waals surface area contributed by atoms with Crippen molar-refractivity contribution in [2.24, 2.45) is 0 Å². The molecule has 1 saturated heterocycles. The molecule has 0 unspecified atom stereocenters. The van der Waals surface area contributed by atoms with E-state index in [1.54, 1.807) is 36.5 Å². The van der Waals surface area contributed by atoms with E-state index in [1.807, 2.05) is 6.07 Å². The van der Waals surface area contributed by atoms with Gasteiger partial charge in [-0.05, 0) is 36.4 Å². The Bertz CT molecular complexity index is 755. The highest BCUT2D eigenvalue weighted by atomic mass is 16.5. The summed E-state index contributed by atoms with van der Waals surface area (Å²) in [4.78, 5) is 29.8. The summed E-state index contributed by atoms with van der Waals surface area (Å²) in [6.07, 6.45) is 1.64. The van der Waals surface area contributed by atoms with Gasteiger partial charge in [0.2, 0.25) is 5.91 Å². The minimum Gasteiger partial charge on any atom is -0.378 e. The molecule has 0 radical (unpaired) electrons. The number of benzene rings is 1. The van der Waals surface area contributed by atoms with Gasteiger partial charge in [-0.1, -0.05) is 0 Å². The van der Waals surface area contributed by atoms with E-state index in [-0.39, 0.29) is 11.8 Å². The fraction of sp³-hybridized carbons (Fsp3) is 0.278. The number of nitrogens with one attached hydrogen (secondary N) is 2. The van der Waals surface area contributed by atoms with Gasteiger partial charge in [0.05, 0.1) is 13.2 Å². The second kappa shape index (κ2) is 7.76. The zero-order chi connectivity index (χ0) is 17.6. The van der Waals surface area contributed by atoms with Crippen LogP contribution in [0.15, 0.2) is 42.6 Å². The van der Waals surface area contributed by atoms with Gasteiger partial charge in [0.15, 0.2) is 0 Å². The molecule has 0 aliphatic carbocycles. The number of amides is 2. The Hall–Kier alpha value is -2.93. The van der Waals surface area contributed by atoms with Crippen molar-refractivity contribution in [2.45, 2.75) is 6.92 Å². The van der Waals surface area contributed by atoms with Gasteiger partial charge in [-0.25, -0.2) is 0 Å². The monoisotopic (exact) mass is 340 g/mol. The Kier molecular flexibility index (Phi) is 5.25. The van der Waals surface area contributed by atoms with Crippen molar-refractivity contribution in [1.29, 1.82) is 0 Å². The number of carbonyl (C=O) groups is 2. The van der Waals surface area contributed by atoms with Crippen molar-refractivity contribution < 1.29 is 14.3 Å². The summed E-state index contributed by atoms with van der Waals surface area (Å²) in [5, 5.41) is 5.49. The molecule has 0 saturated carbocycles. The summed E-state index contributed by atoms with van der Waals surface area (Å²) in [6.45, 7) is 4.42. The maximum atomic E-state index is 12.4. The number of nitrogens with zero attached hydrogens (tertiary/aromatic N) is 2. The minimum atomic E-state index is -0.276. The number of pyridine rings is 1. The highest BCUT2D eigenvalue weighted by molar-refractivity contribution is 6.03. The Balaban J connectivity index is 1.67. The molecule has 7 nitrogen and oxygen atoms in total. The van der Waals surface area contributed by atoms with Crippen LogP contribution < -0.4 is 15.5 Å². The third kappa shape index (κ3) is 4.54. The van der Waals surface area contributed by atoms with E-state index in [2.05, 4.69) is 20.5 Å². The molecule has 0 spiro atoms. The van der Waals surface area contributed by atoms with E-state index >= 15 is 0 Å². The molecule has 1 fully saturated rings. The van der Waals surface area contributed by atoms with Gasteiger partial charge in [-0.2, -0.15) is 0 Å². The molecule has 1 aromatic carbocycles. The molecule has 2 amide bonds. The standard InChI is InChI=1S/C18H20N4O3/c1-13(23)20-14-2-4-15(5-3-14)21-18(24)17-12-16(6-7-19-17)22-8-10-25-11-9-22/h2-7,12H,8-11H2,1H3,(H,20,23)(H,21,24). The van der Waals surface area contributed by atoms with Crippen molar-refractivity contribution in [3.8, 4) is 0 Å². The van der Waals surface area contributed by atoms with Crippen molar-refractivity contribution in [2.75, 3.05) is 41.8 Å². The highest BCUT2D eigenvalue weighted by Gasteiger charge is 2.14. The number of rotatable bonds is 4. The summed E-state index contributed by atoms with van der Waals surface area (Å²) in [6, 6.07) is 10.6. The molecule has 0 bridgehead atoms. The number of morpholine rings is 1. The number of hydrogen-bond acceptors (Lipinski definition) is 5. The molecule has 1 aliphatic heterocycles. The fourth-order valence-corrected chi connectivity index (χ4v) is 2.60. The molecule has 2 heterocycles. The Morgan fingerprint density at radius 3 is 2.32 bits per heavy atom. The number of hydrogen-bond donors (Lipinski definition) is 2. The highest BCUT2D eigenvalue weighted by Crippen LogP contribution is 2.18. The third-order valence-corrected chi connectivity index (χ3v) is 3.82. The van der Waals surface area contributed by atoms with Gasteiger partial charge >= 0.3 is 0 Å². The molecule has 1 aromatic heterocycles. The summed E-state index contributed by atoms with van der Waals surface area (Å²) < 4.78 is 5.35. The molecule has 0 atom stereocenters. The summed E-state index contributed by atoms with van der Waals surface area (Å²) in [7, 11) is 0. The van der Waals surface area contributed by atoms with Crippen molar-refractivity contribution in [3.63, 3.8) is 0 Å². The molecule has 25 heavy (non-hydrogen) atoms. The lowest BCUT2D eigenvalue weighted by Gasteiger charge is -2.28. The van der Waals surface area contributed by atoms with Crippen molar-refractivity contribution in [3.05, 3.63) is 48.3 Å². The van der Waals surface area contributed by atoms with Crippen LogP contribution in [0, 0.1) is 0 Å². The predicted molar refractivity (Wildman–Crippen MR) is 96.0 cm³/mol. The first-order chi connectivity index (χ1) is 12.1. The molecule has 2 N–H and O–H groups in total. The van der Waals surface area contributed by atoms with E-state index in [1.165, 1.54) is 6.92 Å². The first kappa shape index (κ1) is 16.9. The molecular weight excluding hydrogens is 320 g/mol. The Morgan fingerprint density at radius 2 is 1.68 bits per heavy atom. The van der Waals surface area contributed by atoms with Crippen LogP contribution in [0.1, 0.15) is 17.4 Å². The summed E-state index contributed by atoms with van der Waals surface area (Å²) >= 11 is 0. The van der Waals surface area contributed by atoms with E-state index in [0.29, 0.717) is 30.3 Å². The zero-order valence-corrected chi connectivity index (χ0v) is 14.0. The largest absolute Gasteiger partial charge is 0.378 e. The molecular formula is C18H20N4O3. The quantitative estimate of drug-likeness (QED) is 0.891. The molecule has 7 heteroatoms. The van der Waals surface area contributed by atoms with Crippen LogP contribution in [0.3, 0.4) is 0 Å². The van der Waals surface area contributed by atoms with Crippen LogP contribution >= 0.6 is 0 Å². The Morgan fingerprint density at radius 1 is 1.04 bits per heavy atom. The molecule has 1 aliphatic rings. The van der Waals surface area contributed by atoms with E-state index in [4.69, 9.17) is 4.74 Å². The van der Waals surface area contributed by atoms with E-state index in [9.17, 15) is 9.59 Å². The lowest BCUT2D eigenvalue weighted by Crippen LogP contribution is -2.36. The van der Waals surface area contributed by atoms with Gasteiger partial charge < -0.3 is 20.3 Å². The second-order valence-electron chi connectivity index (χ2n) is 5.71. The first-order valence-corrected chi connectivity index (χ1v) is 8.09. The number of carbonyl (C=O) groups excluding carboxylic acids is 2. The van der Waals surface area contributed by atoms with Gasteiger partial charge in [0.25, 0.3) is 5.91 Å². The zero-order valence-electron chi connectivity index (χ0n) is 14.0. The summed E-state index contributed by atoms with van der Waals surface area (Å²) in [5.74, 6) is -0.414. The predicted octanol–water partition coefficient (Wildman–Crippen LogP) is 2.13. The number of aromatic nitrogens is 1.